The molecule has 0 aliphatic heterocycles. The van der Waals surface area contributed by atoms with Crippen LogP contribution in [0.1, 0.15) is 36.7 Å². The number of alkyl halides is 3. The third-order valence-electron chi connectivity index (χ3n) is 5.16. The predicted octanol–water partition coefficient (Wildman–Crippen LogP) is 4.25. The third kappa shape index (κ3) is 4.06. The summed E-state index contributed by atoms with van der Waals surface area (Å²) in [5.74, 6) is -1.78. The lowest BCUT2D eigenvalue weighted by Gasteiger charge is -2.16. The number of benzene rings is 1. The number of aromatic carboxylic acids is 1. The van der Waals surface area contributed by atoms with E-state index in [0.717, 1.165) is 12.1 Å². The van der Waals surface area contributed by atoms with Crippen LogP contribution in [0.3, 0.4) is 0 Å². The quantitative estimate of drug-likeness (QED) is 0.439. The molecule has 0 amide bonds. The van der Waals surface area contributed by atoms with Gasteiger partial charge in [-0.05, 0) is 39.0 Å². The maximum absolute atomic E-state index is 13.3. The molecule has 0 fully saturated rings. The molecule has 3 aromatic heterocycles. The van der Waals surface area contributed by atoms with Gasteiger partial charge in [-0.15, -0.1) is 0 Å². The van der Waals surface area contributed by atoms with Crippen molar-refractivity contribution in [3.63, 3.8) is 0 Å². The number of carboxylic acids is 1. The second kappa shape index (κ2) is 7.82. The highest BCUT2D eigenvalue weighted by Crippen LogP contribution is 2.35. The number of carbonyl (C=O) groups is 2. The lowest BCUT2D eigenvalue weighted by molar-refractivity contribution is -0.156. The number of halogens is 3. The van der Waals surface area contributed by atoms with Gasteiger partial charge < -0.3 is 9.84 Å². The summed E-state index contributed by atoms with van der Waals surface area (Å²) < 4.78 is 47.8. The van der Waals surface area contributed by atoms with Crippen LogP contribution in [-0.4, -0.2) is 41.4 Å². The largest absolute Gasteiger partial charge is 0.478 e. The van der Waals surface area contributed by atoms with Crippen LogP contribution in [0.15, 0.2) is 30.6 Å². The number of nitrogens with zero attached hydrogens (tertiary/aromatic N) is 5. The summed E-state index contributed by atoms with van der Waals surface area (Å²) in [6, 6.07) is 3.24. The van der Waals surface area contributed by atoms with E-state index in [4.69, 9.17) is 4.74 Å². The number of fused-ring (bicyclic) bond motifs is 2. The van der Waals surface area contributed by atoms with Crippen molar-refractivity contribution in [3.05, 3.63) is 41.7 Å². The van der Waals surface area contributed by atoms with E-state index in [1.165, 1.54) is 27.7 Å². The number of aryl methyl sites for hydroxylation is 1. The molecule has 0 saturated heterocycles. The first kappa shape index (κ1) is 23.2. The molecular weight excluding hydrogens is 455 g/mol. The molecule has 0 spiro atoms. The topological polar surface area (TPSA) is 112 Å². The van der Waals surface area contributed by atoms with Crippen molar-refractivity contribution in [1.82, 2.24) is 24.3 Å². The fourth-order valence-corrected chi connectivity index (χ4v) is 3.40. The number of hydrogen-bond donors (Lipinski definition) is 1. The van der Waals surface area contributed by atoms with Gasteiger partial charge in [0.1, 0.15) is 22.5 Å². The Morgan fingerprint density at radius 2 is 1.88 bits per heavy atom. The number of carboxylic acid groups (broad SMARTS) is 1. The van der Waals surface area contributed by atoms with Crippen molar-refractivity contribution in [2.75, 3.05) is 0 Å². The first-order chi connectivity index (χ1) is 15.8. The lowest BCUT2D eigenvalue weighted by atomic mass is 9.98. The number of esters is 1. The van der Waals surface area contributed by atoms with Crippen molar-refractivity contribution in [1.29, 1.82) is 0 Å². The van der Waals surface area contributed by atoms with Gasteiger partial charge >= 0.3 is 18.1 Å². The molecule has 0 aliphatic carbocycles. The SMILES string of the molecule is Cn1nc(-c2cnc3c(n2)c(C(=O)O)cn3COC(=O)C(C)(C)C)c2cc(C(F)(F)F)ccc21. The third-order valence-corrected chi connectivity index (χ3v) is 5.16. The summed E-state index contributed by atoms with van der Waals surface area (Å²) in [7, 11) is 1.58. The summed E-state index contributed by atoms with van der Waals surface area (Å²) in [5.41, 5.74) is -1.01. The fraction of sp³-hybridized carbons (Fsp3) is 0.318. The summed E-state index contributed by atoms with van der Waals surface area (Å²) in [4.78, 5) is 32.5. The van der Waals surface area contributed by atoms with Crippen molar-refractivity contribution >= 4 is 34.0 Å². The van der Waals surface area contributed by atoms with Crippen molar-refractivity contribution < 1.29 is 32.6 Å². The van der Waals surface area contributed by atoms with E-state index >= 15 is 0 Å². The van der Waals surface area contributed by atoms with Crippen molar-refractivity contribution in [2.24, 2.45) is 12.5 Å². The molecule has 0 atom stereocenters. The van der Waals surface area contributed by atoms with E-state index in [9.17, 15) is 27.9 Å². The van der Waals surface area contributed by atoms with Crippen LogP contribution in [0.25, 0.3) is 33.5 Å². The zero-order valence-corrected chi connectivity index (χ0v) is 18.6. The van der Waals surface area contributed by atoms with Crippen LogP contribution in [0.2, 0.25) is 0 Å². The van der Waals surface area contributed by atoms with Gasteiger partial charge in [0.25, 0.3) is 0 Å². The minimum atomic E-state index is -4.55. The predicted molar refractivity (Wildman–Crippen MR) is 115 cm³/mol. The molecule has 34 heavy (non-hydrogen) atoms. The lowest BCUT2D eigenvalue weighted by Crippen LogP contribution is -2.24. The minimum Gasteiger partial charge on any atom is -0.478 e. The van der Waals surface area contributed by atoms with Gasteiger partial charge in [-0.3, -0.25) is 14.0 Å². The molecule has 1 N–H and O–H groups in total. The zero-order chi connectivity index (χ0) is 25.0. The number of aromatic nitrogens is 5. The summed E-state index contributed by atoms with van der Waals surface area (Å²) in [6.07, 6.45) is -2.02. The second-order valence-electron chi connectivity index (χ2n) is 8.76. The minimum absolute atomic E-state index is 0.0115. The normalized spacial score (nSPS) is 12.4. The Labute approximate surface area is 190 Å². The highest BCUT2D eigenvalue weighted by atomic mass is 19.4. The van der Waals surface area contributed by atoms with Gasteiger partial charge in [-0.25, -0.2) is 14.8 Å². The van der Waals surface area contributed by atoms with Crippen molar-refractivity contribution in [2.45, 2.75) is 33.7 Å². The average molecular weight is 475 g/mol. The van der Waals surface area contributed by atoms with Crippen molar-refractivity contribution in [3.8, 4) is 11.4 Å². The molecule has 9 nitrogen and oxygen atoms in total. The number of carbonyl (C=O) groups excluding carboxylic acids is 1. The van der Waals surface area contributed by atoms with E-state index in [2.05, 4.69) is 15.1 Å². The summed E-state index contributed by atoms with van der Waals surface area (Å²) in [5, 5.41) is 14.1. The molecule has 178 valence electrons. The number of ether oxygens (including phenoxy) is 1. The Kier molecular flexibility index (Phi) is 5.34. The molecule has 0 saturated carbocycles. The van der Waals surface area contributed by atoms with Gasteiger partial charge in [0.15, 0.2) is 12.4 Å². The van der Waals surface area contributed by atoms with Gasteiger partial charge in [0, 0.05) is 18.6 Å². The molecule has 4 rings (SSSR count). The molecule has 0 radical (unpaired) electrons. The second-order valence-corrected chi connectivity index (χ2v) is 8.76. The Hall–Kier alpha value is -3.96. The standard InChI is InChI=1S/C22H20F3N5O4/c1-21(2,3)20(33)34-10-30-9-13(19(31)32)17-18(30)26-8-14(27-17)16-12-7-11(22(23,24)25)5-6-15(12)29(4)28-16/h5-9H,10H2,1-4H3,(H,31,32). The van der Waals surface area contributed by atoms with Gasteiger partial charge in [-0.2, -0.15) is 18.3 Å². The number of hydrogen-bond acceptors (Lipinski definition) is 6. The Balaban J connectivity index is 1.83. The Bertz CT molecular complexity index is 1450. The maximum Gasteiger partial charge on any atom is 0.416 e. The zero-order valence-electron chi connectivity index (χ0n) is 18.6. The van der Waals surface area contributed by atoms with Crippen LogP contribution in [0.4, 0.5) is 13.2 Å². The van der Waals surface area contributed by atoms with Crippen LogP contribution < -0.4 is 0 Å². The Morgan fingerprint density at radius 3 is 2.50 bits per heavy atom. The first-order valence-corrected chi connectivity index (χ1v) is 10.1. The van der Waals surface area contributed by atoms with Crippen LogP contribution in [-0.2, 0) is 29.5 Å². The van der Waals surface area contributed by atoms with E-state index in [-0.39, 0.29) is 40.2 Å². The maximum atomic E-state index is 13.3. The van der Waals surface area contributed by atoms with Gasteiger partial charge in [0.05, 0.1) is 22.7 Å². The highest BCUT2D eigenvalue weighted by Gasteiger charge is 2.31. The van der Waals surface area contributed by atoms with Crippen LogP contribution >= 0.6 is 0 Å². The molecule has 1 aromatic carbocycles. The van der Waals surface area contributed by atoms with Crippen LogP contribution in [0, 0.1) is 5.41 Å². The summed E-state index contributed by atoms with van der Waals surface area (Å²) in [6.45, 7) is 4.76. The smallest absolute Gasteiger partial charge is 0.416 e. The Morgan fingerprint density at radius 1 is 1.18 bits per heavy atom. The molecule has 3 heterocycles. The molecular formula is C22H20F3N5O4. The molecule has 0 aliphatic rings. The first-order valence-electron chi connectivity index (χ1n) is 10.1. The molecule has 12 heteroatoms. The molecule has 0 bridgehead atoms. The molecule has 4 aromatic rings. The van der Waals surface area contributed by atoms with E-state index in [0.29, 0.717) is 5.52 Å². The highest BCUT2D eigenvalue weighted by molar-refractivity contribution is 6.01. The monoisotopic (exact) mass is 475 g/mol. The number of rotatable bonds is 4. The molecule has 0 unspecified atom stereocenters. The average Bonchev–Trinajstić information content (AvgIpc) is 3.28. The van der Waals surface area contributed by atoms with Gasteiger partial charge in [0.2, 0.25) is 0 Å². The van der Waals surface area contributed by atoms with E-state index < -0.39 is 29.1 Å². The van der Waals surface area contributed by atoms with Gasteiger partial charge in [-0.1, -0.05) is 0 Å². The van der Waals surface area contributed by atoms with Crippen LogP contribution in [0.5, 0.6) is 0 Å². The van der Waals surface area contributed by atoms with E-state index in [1.807, 2.05) is 0 Å². The summed E-state index contributed by atoms with van der Waals surface area (Å²) >= 11 is 0. The fourth-order valence-electron chi connectivity index (χ4n) is 3.40. The van der Waals surface area contributed by atoms with E-state index in [1.54, 1.807) is 27.8 Å².